The van der Waals surface area contributed by atoms with Crippen molar-refractivity contribution in [2.24, 2.45) is 11.7 Å². The predicted molar refractivity (Wildman–Crippen MR) is 106 cm³/mol. The molecular weight excluding hydrogens is 336 g/mol. The van der Waals surface area contributed by atoms with Crippen molar-refractivity contribution in [3.8, 4) is 11.4 Å². The summed E-state index contributed by atoms with van der Waals surface area (Å²) in [7, 11) is 0. The van der Waals surface area contributed by atoms with Gasteiger partial charge in [0, 0.05) is 37.1 Å². The lowest BCUT2D eigenvalue weighted by Crippen LogP contribution is -2.04. The molecule has 2 N–H and O–H groups in total. The molecule has 0 aliphatic carbocycles. The van der Waals surface area contributed by atoms with Gasteiger partial charge in [0.2, 0.25) is 0 Å². The average Bonchev–Trinajstić information content (AvgIpc) is 3.09. The Bertz CT molecular complexity index is 934. The molecule has 3 aromatic rings. The largest absolute Gasteiger partial charge is 0.330 e. The van der Waals surface area contributed by atoms with Gasteiger partial charge in [-0.05, 0) is 35.6 Å². The van der Waals surface area contributed by atoms with Crippen molar-refractivity contribution in [2.75, 3.05) is 6.54 Å². The molecule has 0 bridgehead atoms. The van der Waals surface area contributed by atoms with Crippen molar-refractivity contribution in [1.82, 2.24) is 19.7 Å². The Morgan fingerprint density at radius 3 is 2.59 bits per heavy atom. The highest BCUT2D eigenvalue weighted by molar-refractivity contribution is 5.66. The molecule has 0 aliphatic heterocycles. The van der Waals surface area contributed by atoms with E-state index >= 15 is 0 Å². The van der Waals surface area contributed by atoms with Gasteiger partial charge in [-0.1, -0.05) is 32.0 Å². The quantitative estimate of drug-likeness (QED) is 0.653. The first kappa shape index (κ1) is 18.7. The van der Waals surface area contributed by atoms with Crippen LogP contribution in [0.2, 0.25) is 0 Å². The van der Waals surface area contributed by atoms with Crippen LogP contribution in [0.25, 0.3) is 16.2 Å². The standard InChI is InChI=1S/C21H24N6/c1-15(2)13-27-14-17(12-26-27)8-18-9-19(23-3)4-5-20(18)21-24-10-16(6-7-22)11-25-21/h4-5,9-12,14-15H,6-8,13,22H2,1-2H3. The number of hydrogen-bond acceptors (Lipinski definition) is 4. The molecule has 0 aliphatic rings. The zero-order valence-corrected chi connectivity index (χ0v) is 15.8. The summed E-state index contributed by atoms with van der Waals surface area (Å²) >= 11 is 0. The van der Waals surface area contributed by atoms with Crippen LogP contribution < -0.4 is 5.73 Å². The van der Waals surface area contributed by atoms with Crippen LogP contribution >= 0.6 is 0 Å². The van der Waals surface area contributed by atoms with Gasteiger partial charge in [0.1, 0.15) is 0 Å². The zero-order chi connectivity index (χ0) is 19.2. The summed E-state index contributed by atoms with van der Waals surface area (Å²) in [5.74, 6) is 1.20. The highest BCUT2D eigenvalue weighted by Gasteiger charge is 2.11. The molecule has 0 atom stereocenters. The molecule has 27 heavy (non-hydrogen) atoms. The van der Waals surface area contributed by atoms with Gasteiger partial charge in [0.25, 0.3) is 0 Å². The molecule has 0 radical (unpaired) electrons. The van der Waals surface area contributed by atoms with Gasteiger partial charge in [-0.3, -0.25) is 4.68 Å². The Morgan fingerprint density at radius 1 is 1.15 bits per heavy atom. The van der Waals surface area contributed by atoms with Crippen molar-refractivity contribution in [3.63, 3.8) is 0 Å². The minimum Gasteiger partial charge on any atom is -0.330 e. The molecule has 0 saturated heterocycles. The summed E-state index contributed by atoms with van der Waals surface area (Å²) in [6.45, 7) is 13.1. The van der Waals surface area contributed by atoms with Crippen LogP contribution in [0, 0.1) is 12.5 Å². The van der Waals surface area contributed by atoms with Crippen LogP contribution in [0.4, 0.5) is 5.69 Å². The molecule has 1 aromatic carbocycles. The first-order valence-corrected chi connectivity index (χ1v) is 9.12. The Morgan fingerprint density at radius 2 is 1.93 bits per heavy atom. The summed E-state index contributed by atoms with van der Waals surface area (Å²) < 4.78 is 1.97. The number of nitrogens with two attached hydrogens (primary N) is 1. The van der Waals surface area contributed by atoms with Gasteiger partial charge < -0.3 is 5.73 Å². The molecule has 2 heterocycles. The fourth-order valence-corrected chi connectivity index (χ4v) is 3.00. The molecule has 2 aromatic heterocycles. The third-order valence-electron chi connectivity index (χ3n) is 4.23. The predicted octanol–water partition coefficient (Wildman–Crippen LogP) is 3.64. The van der Waals surface area contributed by atoms with Crippen molar-refractivity contribution >= 4 is 5.69 Å². The molecule has 0 unspecified atom stereocenters. The number of hydrogen-bond donors (Lipinski definition) is 1. The second-order valence-corrected chi connectivity index (χ2v) is 7.05. The molecule has 6 heteroatoms. The second-order valence-electron chi connectivity index (χ2n) is 7.05. The van der Waals surface area contributed by atoms with E-state index in [1.54, 1.807) is 0 Å². The van der Waals surface area contributed by atoms with Crippen molar-refractivity contribution < 1.29 is 0 Å². The van der Waals surface area contributed by atoms with Crippen LogP contribution in [0.1, 0.15) is 30.5 Å². The maximum Gasteiger partial charge on any atom is 0.187 e. The highest BCUT2D eigenvalue weighted by atomic mass is 15.3. The molecule has 138 valence electrons. The van der Waals surface area contributed by atoms with Crippen LogP contribution in [0.15, 0.2) is 43.0 Å². The van der Waals surface area contributed by atoms with Crippen LogP contribution in [-0.2, 0) is 19.4 Å². The van der Waals surface area contributed by atoms with Gasteiger partial charge in [-0.25, -0.2) is 14.8 Å². The smallest absolute Gasteiger partial charge is 0.187 e. The van der Waals surface area contributed by atoms with Crippen molar-refractivity contribution in [2.45, 2.75) is 33.2 Å². The zero-order valence-electron chi connectivity index (χ0n) is 15.8. The Kier molecular flexibility index (Phi) is 5.94. The topological polar surface area (TPSA) is 74.0 Å². The number of benzene rings is 1. The summed E-state index contributed by atoms with van der Waals surface area (Å²) in [6.07, 6.45) is 9.05. The fourth-order valence-electron chi connectivity index (χ4n) is 3.00. The molecule has 0 spiro atoms. The number of nitrogens with zero attached hydrogens (tertiary/aromatic N) is 5. The molecule has 6 nitrogen and oxygen atoms in total. The minimum atomic E-state index is 0.541. The lowest BCUT2D eigenvalue weighted by Gasteiger charge is -2.09. The minimum absolute atomic E-state index is 0.541. The number of rotatable bonds is 7. The average molecular weight is 360 g/mol. The molecule has 0 fully saturated rings. The summed E-state index contributed by atoms with van der Waals surface area (Å²) in [6, 6.07) is 5.66. The first-order chi connectivity index (χ1) is 13.1. The molecular formula is C21H24N6. The van der Waals surface area contributed by atoms with E-state index in [0.29, 0.717) is 30.4 Å². The van der Waals surface area contributed by atoms with E-state index in [-0.39, 0.29) is 0 Å². The summed E-state index contributed by atoms with van der Waals surface area (Å²) in [4.78, 5) is 12.6. The Hall–Kier alpha value is -3.04. The number of aromatic nitrogens is 4. The van der Waals surface area contributed by atoms with E-state index in [0.717, 1.165) is 35.2 Å². The fraction of sp³-hybridized carbons (Fsp3) is 0.333. The second kappa shape index (κ2) is 8.56. The lowest BCUT2D eigenvalue weighted by atomic mass is 10.00. The summed E-state index contributed by atoms with van der Waals surface area (Å²) in [5, 5.41) is 4.44. The highest BCUT2D eigenvalue weighted by Crippen LogP contribution is 2.27. The van der Waals surface area contributed by atoms with Gasteiger partial charge in [0.15, 0.2) is 11.5 Å². The molecule has 3 rings (SSSR count). The maximum atomic E-state index is 7.32. The first-order valence-electron chi connectivity index (χ1n) is 9.12. The van der Waals surface area contributed by atoms with Crippen molar-refractivity contribution in [1.29, 1.82) is 0 Å². The van der Waals surface area contributed by atoms with E-state index in [9.17, 15) is 0 Å². The van der Waals surface area contributed by atoms with Gasteiger partial charge in [-0.2, -0.15) is 5.10 Å². The van der Waals surface area contributed by atoms with E-state index < -0.39 is 0 Å². The third kappa shape index (κ3) is 4.78. The van der Waals surface area contributed by atoms with E-state index in [1.807, 2.05) is 41.5 Å². The van der Waals surface area contributed by atoms with Crippen molar-refractivity contribution in [3.05, 3.63) is 71.1 Å². The molecule has 0 saturated carbocycles. The van der Waals surface area contributed by atoms with Gasteiger partial charge in [0.05, 0.1) is 12.8 Å². The monoisotopic (exact) mass is 360 g/mol. The van der Waals surface area contributed by atoms with E-state index in [1.165, 1.54) is 0 Å². The van der Waals surface area contributed by atoms with E-state index in [4.69, 9.17) is 12.3 Å². The maximum absolute atomic E-state index is 7.32. The lowest BCUT2D eigenvalue weighted by molar-refractivity contribution is 0.483. The summed E-state index contributed by atoms with van der Waals surface area (Å²) in [5.41, 5.74) is 10.3. The third-order valence-corrected chi connectivity index (χ3v) is 4.23. The van der Waals surface area contributed by atoms with Crippen LogP contribution in [0.5, 0.6) is 0 Å². The normalized spacial score (nSPS) is 10.9. The Labute approximate surface area is 159 Å². The van der Waals surface area contributed by atoms with Gasteiger partial charge >= 0.3 is 0 Å². The Balaban J connectivity index is 1.91. The van der Waals surface area contributed by atoms with Crippen LogP contribution in [-0.4, -0.2) is 26.3 Å². The molecule has 0 amide bonds. The SMILES string of the molecule is [C-]#[N+]c1ccc(-c2ncc(CCN)cn2)c(Cc2cnn(CC(C)C)c2)c1. The van der Waals surface area contributed by atoms with E-state index in [2.05, 4.69) is 40.0 Å². The van der Waals surface area contributed by atoms with Crippen LogP contribution in [0.3, 0.4) is 0 Å². The van der Waals surface area contributed by atoms with Gasteiger partial charge in [-0.15, -0.1) is 0 Å².